The largest absolute Gasteiger partial charge is 0.384 e. The predicted octanol–water partition coefficient (Wildman–Crippen LogP) is 3.29. The standard InChI is InChI=1S/C13H19N3S/c1-17-9-5-3-2-4-8-15-13-7-6-12(10-14)16-11-13/h6-7,11,15H,2-5,8-9H2,1H3. The van der Waals surface area contributed by atoms with Crippen LogP contribution in [0.4, 0.5) is 5.69 Å². The highest BCUT2D eigenvalue weighted by molar-refractivity contribution is 7.98. The lowest BCUT2D eigenvalue weighted by molar-refractivity contribution is 0.689. The van der Waals surface area contributed by atoms with Gasteiger partial charge >= 0.3 is 0 Å². The molecule has 1 rings (SSSR count). The average molecular weight is 249 g/mol. The van der Waals surface area contributed by atoms with Crippen LogP contribution in [-0.4, -0.2) is 23.5 Å². The molecule has 0 unspecified atom stereocenters. The summed E-state index contributed by atoms with van der Waals surface area (Å²) in [6, 6.07) is 5.65. The molecule has 0 aliphatic rings. The first-order valence-corrected chi connectivity index (χ1v) is 7.35. The number of nitrogens with one attached hydrogen (secondary N) is 1. The minimum Gasteiger partial charge on any atom is -0.384 e. The predicted molar refractivity (Wildman–Crippen MR) is 74.3 cm³/mol. The Morgan fingerprint density at radius 3 is 2.76 bits per heavy atom. The van der Waals surface area contributed by atoms with E-state index < -0.39 is 0 Å². The van der Waals surface area contributed by atoms with Gasteiger partial charge in [-0.1, -0.05) is 12.8 Å². The monoisotopic (exact) mass is 249 g/mol. The molecular weight excluding hydrogens is 230 g/mol. The third-order valence-electron chi connectivity index (χ3n) is 2.48. The van der Waals surface area contributed by atoms with E-state index >= 15 is 0 Å². The second-order valence-electron chi connectivity index (χ2n) is 3.88. The Kier molecular flexibility index (Phi) is 7.24. The second kappa shape index (κ2) is 8.89. The Hall–Kier alpha value is -1.21. The van der Waals surface area contributed by atoms with Crippen molar-refractivity contribution in [3.05, 3.63) is 24.0 Å². The van der Waals surface area contributed by atoms with Crippen LogP contribution in [0.15, 0.2) is 18.3 Å². The molecule has 0 saturated carbocycles. The van der Waals surface area contributed by atoms with Crippen LogP contribution in [0.5, 0.6) is 0 Å². The van der Waals surface area contributed by atoms with E-state index in [2.05, 4.69) is 16.6 Å². The molecule has 0 radical (unpaired) electrons. The number of nitrogens with zero attached hydrogens (tertiary/aromatic N) is 2. The van der Waals surface area contributed by atoms with Gasteiger partial charge in [0.05, 0.1) is 11.9 Å². The first-order valence-electron chi connectivity index (χ1n) is 5.96. The number of aromatic nitrogens is 1. The average Bonchev–Trinajstić information content (AvgIpc) is 2.38. The van der Waals surface area contributed by atoms with Gasteiger partial charge in [-0.3, -0.25) is 0 Å². The third kappa shape index (κ3) is 6.18. The molecule has 17 heavy (non-hydrogen) atoms. The van der Waals surface area contributed by atoms with Crippen LogP contribution in [0, 0.1) is 11.3 Å². The summed E-state index contributed by atoms with van der Waals surface area (Å²) in [5, 5.41) is 11.9. The van der Waals surface area contributed by atoms with Crippen LogP contribution in [-0.2, 0) is 0 Å². The summed E-state index contributed by atoms with van der Waals surface area (Å²) in [4.78, 5) is 4.01. The van der Waals surface area contributed by atoms with E-state index in [4.69, 9.17) is 5.26 Å². The first-order chi connectivity index (χ1) is 8.36. The molecule has 0 atom stereocenters. The number of unbranched alkanes of at least 4 members (excludes halogenated alkanes) is 3. The maximum Gasteiger partial charge on any atom is 0.140 e. The third-order valence-corrected chi connectivity index (χ3v) is 3.18. The Balaban J connectivity index is 2.08. The molecule has 1 aromatic rings. The summed E-state index contributed by atoms with van der Waals surface area (Å²) in [7, 11) is 0. The van der Waals surface area contributed by atoms with Gasteiger partial charge < -0.3 is 5.32 Å². The van der Waals surface area contributed by atoms with Crippen LogP contribution in [0.25, 0.3) is 0 Å². The van der Waals surface area contributed by atoms with Crippen LogP contribution < -0.4 is 5.32 Å². The summed E-state index contributed by atoms with van der Waals surface area (Å²) in [6.45, 7) is 0.979. The molecular formula is C13H19N3S. The molecule has 0 aliphatic carbocycles. The Morgan fingerprint density at radius 2 is 2.12 bits per heavy atom. The van der Waals surface area contributed by atoms with Crippen molar-refractivity contribution < 1.29 is 0 Å². The molecule has 0 fully saturated rings. The minimum absolute atomic E-state index is 0.465. The lowest BCUT2D eigenvalue weighted by atomic mass is 10.2. The quantitative estimate of drug-likeness (QED) is 0.718. The van der Waals surface area contributed by atoms with E-state index in [0.717, 1.165) is 12.2 Å². The number of nitriles is 1. The van der Waals surface area contributed by atoms with E-state index in [0.29, 0.717) is 5.69 Å². The fourth-order valence-electron chi connectivity index (χ4n) is 1.52. The van der Waals surface area contributed by atoms with Crippen LogP contribution >= 0.6 is 11.8 Å². The van der Waals surface area contributed by atoms with Gasteiger partial charge in [0.15, 0.2) is 0 Å². The van der Waals surface area contributed by atoms with Crippen molar-refractivity contribution in [1.82, 2.24) is 4.98 Å². The molecule has 0 bridgehead atoms. The van der Waals surface area contributed by atoms with Crippen LogP contribution in [0.2, 0.25) is 0 Å². The number of hydrogen-bond acceptors (Lipinski definition) is 4. The topological polar surface area (TPSA) is 48.7 Å². The Bertz CT molecular complexity index is 343. The molecule has 0 saturated heterocycles. The molecule has 3 nitrogen and oxygen atoms in total. The number of thioether (sulfide) groups is 1. The van der Waals surface area contributed by atoms with Crippen molar-refractivity contribution in [3.63, 3.8) is 0 Å². The highest BCUT2D eigenvalue weighted by atomic mass is 32.2. The Morgan fingerprint density at radius 1 is 1.29 bits per heavy atom. The molecule has 1 N–H and O–H groups in total. The highest BCUT2D eigenvalue weighted by Crippen LogP contribution is 2.07. The zero-order valence-electron chi connectivity index (χ0n) is 10.3. The molecule has 92 valence electrons. The number of anilines is 1. The highest BCUT2D eigenvalue weighted by Gasteiger charge is 1.94. The summed E-state index contributed by atoms with van der Waals surface area (Å²) in [5.74, 6) is 1.27. The maximum absolute atomic E-state index is 8.61. The van der Waals surface area contributed by atoms with E-state index in [9.17, 15) is 0 Å². The van der Waals surface area contributed by atoms with Crippen molar-refractivity contribution >= 4 is 17.4 Å². The normalized spacial score (nSPS) is 9.88. The van der Waals surface area contributed by atoms with E-state index in [1.165, 1.54) is 31.4 Å². The molecule has 1 heterocycles. The van der Waals surface area contributed by atoms with E-state index in [-0.39, 0.29) is 0 Å². The van der Waals surface area contributed by atoms with Crippen molar-refractivity contribution in [3.8, 4) is 6.07 Å². The Labute approximate surface area is 108 Å². The summed E-state index contributed by atoms with van der Waals surface area (Å²) in [6.07, 6.45) is 8.96. The van der Waals surface area contributed by atoms with Crippen molar-refractivity contribution in [2.45, 2.75) is 25.7 Å². The number of hydrogen-bond donors (Lipinski definition) is 1. The van der Waals surface area contributed by atoms with Crippen molar-refractivity contribution in [2.75, 3.05) is 23.9 Å². The molecule has 1 aromatic heterocycles. The van der Waals surface area contributed by atoms with Crippen LogP contribution in [0.1, 0.15) is 31.4 Å². The van der Waals surface area contributed by atoms with Gasteiger partial charge in [-0.05, 0) is 37.0 Å². The van der Waals surface area contributed by atoms with Gasteiger partial charge in [-0.15, -0.1) is 0 Å². The van der Waals surface area contributed by atoms with Crippen molar-refractivity contribution in [2.24, 2.45) is 0 Å². The molecule has 0 spiro atoms. The molecule has 0 aliphatic heterocycles. The maximum atomic E-state index is 8.61. The zero-order chi connectivity index (χ0) is 12.3. The number of rotatable bonds is 8. The van der Waals surface area contributed by atoms with Gasteiger partial charge in [0.1, 0.15) is 11.8 Å². The van der Waals surface area contributed by atoms with E-state index in [1.54, 1.807) is 12.3 Å². The van der Waals surface area contributed by atoms with Gasteiger partial charge in [0.25, 0.3) is 0 Å². The lowest BCUT2D eigenvalue weighted by Crippen LogP contribution is -2.02. The minimum atomic E-state index is 0.465. The molecule has 0 aromatic carbocycles. The first kappa shape index (κ1) is 13.9. The fraction of sp³-hybridized carbons (Fsp3) is 0.538. The summed E-state index contributed by atoms with van der Waals surface area (Å²) < 4.78 is 0. The summed E-state index contributed by atoms with van der Waals surface area (Å²) in [5.41, 5.74) is 1.46. The van der Waals surface area contributed by atoms with Crippen LogP contribution in [0.3, 0.4) is 0 Å². The zero-order valence-corrected chi connectivity index (χ0v) is 11.1. The second-order valence-corrected chi connectivity index (χ2v) is 4.86. The molecule has 4 heteroatoms. The van der Waals surface area contributed by atoms with E-state index in [1.807, 2.05) is 23.9 Å². The smallest absolute Gasteiger partial charge is 0.140 e. The van der Waals surface area contributed by atoms with Gasteiger partial charge in [0.2, 0.25) is 0 Å². The SMILES string of the molecule is CSCCCCCCNc1ccc(C#N)nc1. The van der Waals surface area contributed by atoms with Gasteiger partial charge in [-0.25, -0.2) is 4.98 Å². The summed E-state index contributed by atoms with van der Waals surface area (Å²) >= 11 is 1.92. The van der Waals surface area contributed by atoms with Gasteiger partial charge in [-0.2, -0.15) is 17.0 Å². The fourth-order valence-corrected chi connectivity index (χ4v) is 2.02. The van der Waals surface area contributed by atoms with Gasteiger partial charge in [0, 0.05) is 6.54 Å². The van der Waals surface area contributed by atoms with Crippen molar-refractivity contribution in [1.29, 1.82) is 5.26 Å². The number of pyridine rings is 1. The lowest BCUT2D eigenvalue weighted by Gasteiger charge is -2.05. The molecule has 0 amide bonds.